The average Bonchev–Trinajstić information content (AvgIpc) is 2.60. The molecule has 0 bridgehead atoms. The van der Waals surface area contributed by atoms with Gasteiger partial charge in [0.1, 0.15) is 0 Å². The fraction of sp³-hybridized carbons (Fsp3) is 0.263. The van der Waals surface area contributed by atoms with Gasteiger partial charge in [0.05, 0.1) is 11.3 Å². The highest BCUT2D eigenvalue weighted by Crippen LogP contribution is 2.22. The van der Waals surface area contributed by atoms with Crippen molar-refractivity contribution in [3.05, 3.63) is 64.7 Å². The lowest BCUT2D eigenvalue weighted by Crippen LogP contribution is -2.26. The molecule has 0 saturated carbocycles. The molecule has 4 N–H and O–H groups in total. The summed E-state index contributed by atoms with van der Waals surface area (Å²) in [4.78, 5) is 24.6. The molecule has 1 unspecified atom stereocenters. The number of amides is 2. The Morgan fingerprint density at radius 1 is 1.16 bits per heavy atom. The van der Waals surface area contributed by atoms with Crippen molar-refractivity contribution in [3.8, 4) is 0 Å². The zero-order valence-electron chi connectivity index (χ0n) is 14.1. The van der Waals surface area contributed by atoms with E-state index in [2.05, 4.69) is 10.6 Å². The van der Waals surface area contributed by atoms with Crippen LogP contribution in [-0.2, 0) is 4.79 Å². The fourth-order valence-corrected chi connectivity index (χ4v) is 2.54. The molecule has 0 aromatic heterocycles. The van der Waals surface area contributed by atoms with E-state index >= 15 is 0 Å². The molecule has 2 aromatic carbocycles. The maximum Gasteiger partial charge on any atom is 0.253 e. The van der Waals surface area contributed by atoms with E-state index < -0.39 is 6.04 Å². The summed E-state index contributed by atoms with van der Waals surface area (Å²) in [5.74, 6) is -0.524. The highest BCUT2D eigenvalue weighted by Gasteiger charge is 2.16. The third-order valence-corrected chi connectivity index (χ3v) is 3.90. The van der Waals surface area contributed by atoms with Crippen LogP contribution in [0.1, 0.15) is 41.7 Å². The Morgan fingerprint density at radius 3 is 2.56 bits per heavy atom. The molecule has 0 aliphatic carbocycles. The maximum atomic E-state index is 12.3. The first-order valence-electron chi connectivity index (χ1n) is 8.19. The Hall–Kier alpha value is -2.37. The first-order valence-corrected chi connectivity index (χ1v) is 8.57. The van der Waals surface area contributed by atoms with E-state index in [4.69, 9.17) is 17.3 Å². The van der Waals surface area contributed by atoms with Crippen LogP contribution in [0.3, 0.4) is 0 Å². The van der Waals surface area contributed by atoms with Crippen LogP contribution in [0.4, 0.5) is 5.69 Å². The number of carbonyl (C=O) groups excluding carboxylic acids is 2. The minimum atomic E-state index is -0.419. The largest absolute Gasteiger partial charge is 0.352 e. The summed E-state index contributed by atoms with van der Waals surface area (Å²) < 4.78 is 0. The molecular formula is C19H22ClN3O2. The third-order valence-electron chi connectivity index (χ3n) is 3.67. The predicted octanol–water partition coefficient (Wildman–Crippen LogP) is 3.51. The van der Waals surface area contributed by atoms with Gasteiger partial charge in [0.15, 0.2) is 0 Å². The number of nitrogens with one attached hydrogen (secondary N) is 2. The number of anilines is 1. The molecule has 0 saturated heterocycles. The Kier molecular flexibility index (Phi) is 6.98. The highest BCUT2D eigenvalue weighted by atomic mass is 35.5. The molecule has 2 aromatic rings. The van der Waals surface area contributed by atoms with Crippen molar-refractivity contribution in [3.63, 3.8) is 0 Å². The van der Waals surface area contributed by atoms with Crippen LogP contribution in [0.25, 0.3) is 0 Å². The van der Waals surface area contributed by atoms with Gasteiger partial charge in [-0.05, 0) is 30.2 Å². The van der Waals surface area contributed by atoms with E-state index in [0.29, 0.717) is 22.8 Å². The molecule has 2 amide bonds. The number of rotatable bonds is 7. The van der Waals surface area contributed by atoms with E-state index in [1.807, 2.05) is 37.3 Å². The van der Waals surface area contributed by atoms with Crippen molar-refractivity contribution in [2.24, 2.45) is 5.73 Å². The molecule has 0 radical (unpaired) electrons. The van der Waals surface area contributed by atoms with Crippen molar-refractivity contribution < 1.29 is 9.59 Å². The quantitative estimate of drug-likeness (QED) is 0.707. The van der Waals surface area contributed by atoms with Gasteiger partial charge < -0.3 is 16.4 Å². The number of nitrogens with two attached hydrogens (primary N) is 1. The Labute approximate surface area is 152 Å². The summed E-state index contributed by atoms with van der Waals surface area (Å²) in [6.07, 6.45) is 0.930. The highest BCUT2D eigenvalue weighted by molar-refractivity contribution is 6.31. The zero-order chi connectivity index (χ0) is 18.2. The van der Waals surface area contributed by atoms with Gasteiger partial charge in [0.2, 0.25) is 5.91 Å². The minimum absolute atomic E-state index is 0.104. The van der Waals surface area contributed by atoms with Crippen LogP contribution in [0.5, 0.6) is 0 Å². The molecule has 0 spiro atoms. The second-order valence-corrected chi connectivity index (χ2v) is 6.15. The Balaban J connectivity index is 2.09. The molecule has 132 valence electrons. The van der Waals surface area contributed by atoms with Crippen molar-refractivity contribution in [1.29, 1.82) is 0 Å². The van der Waals surface area contributed by atoms with E-state index in [0.717, 1.165) is 12.0 Å². The SMILES string of the molecule is CCCNC(=O)c1ccc(Cl)cc1NC(=O)CC(N)c1ccccc1. The van der Waals surface area contributed by atoms with Crippen LogP contribution < -0.4 is 16.4 Å². The van der Waals surface area contributed by atoms with Crippen LogP contribution in [0.2, 0.25) is 5.02 Å². The normalized spacial score (nSPS) is 11.6. The van der Waals surface area contributed by atoms with Crippen molar-refractivity contribution in [2.75, 3.05) is 11.9 Å². The van der Waals surface area contributed by atoms with Crippen LogP contribution in [-0.4, -0.2) is 18.4 Å². The van der Waals surface area contributed by atoms with Gasteiger partial charge >= 0.3 is 0 Å². The molecule has 6 heteroatoms. The van der Waals surface area contributed by atoms with Gasteiger partial charge in [0.25, 0.3) is 5.91 Å². The molecule has 5 nitrogen and oxygen atoms in total. The Morgan fingerprint density at radius 2 is 1.88 bits per heavy atom. The minimum Gasteiger partial charge on any atom is -0.352 e. The van der Waals surface area contributed by atoms with Gasteiger partial charge in [0, 0.05) is 24.0 Å². The lowest BCUT2D eigenvalue weighted by Gasteiger charge is -2.14. The maximum absolute atomic E-state index is 12.3. The zero-order valence-corrected chi connectivity index (χ0v) is 14.8. The van der Waals surface area contributed by atoms with Crippen LogP contribution in [0.15, 0.2) is 48.5 Å². The number of hydrogen-bond acceptors (Lipinski definition) is 3. The van der Waals surface area contributed by atoms with Crippen LogP contribution >= 0.6 is 11.6 Å². The summed E-state index contributed by atoms with van der Waals surface area (Å²) in [7, 11) is 0. The monoisotopic (exact) mass is 359 g/mol. The van der Waals surface area contributed by atoms with Crippen molar-refractivity contribution >= 4 is 29.1 Å². The third kappa shape index (κ3) is 5.59. The number of halogens is 1. The van der Waals surface area contributed by atoms with E-state index in [9.17, 15) is 9.59 Å². The van der Waals surface area contributed by atoms with Gasteiger partial charge in [-0.2, -0.15) is 0 Å². The first kappa shape index (κ1) is 19.0. The van der Waals surface area contributed by atoms with Gasteiger partial charge in [-0.15, -0.1) is 0 Å². The summed E-state index contributed by atoms with van der Waals surface area (Å²) in [6.45, 7) is 2.53. The summed E-state index contributed by atoms with van der Waals surface area (Å²) >= 11 is 6.00. The second kappa shape index (κ2) is 9.20. The number of carbonyl (C=O) groups is 2. The van der Waals surface area contributed by atoms with E-state index in [1.54, 1.807) is 18.2 Å². The molecular weight excluding hydrogens is 338 g/mol. The van der Waals surface area contributed by atoms with E-state index in [1.165, 1.54) is 0 Å². The molecule has 0 aliphatic heterocycles. The molecule has 0 fully saturated rings. The van der Waals surface area contributed by atoms with Gasteiger partial charge in [-0.3, -0.25) is 9.59 Å². The molecule has 2 rings (SSSR count). The summed E-state index contributed by atoms with van der Waals surface area (Å²) in [5, 5.41) is 5.98. The molecule has 25 heavy (non-hydrogen) atoms. The smallest absolute Gasteiger partial charge is 0.253 e. The van der Waals surface area contributed by atoms with E-state index in [-0.39, 0.29) is 18.2 Å². The van der Waals surface area contributed by atoms with Crippen molar-refractivity contribution in [1.82, 2.24) is 5.32 Å². The summed E-state index contributed by atoms with van der Waals surface area (Å²) in [6, 6.07) is 13.8. The standard InChI is InChI=1S/C19H22ClN3O2/c1-2-10-22-19(25)15-9-8-14(20)11-17(15)23-18(24)12-16(21)13-6-4-3-5-7-13/h3-9,11,16H,2,10,12,21H2,1H3,(H,22,25)(H,23,24). The second-order valence-electron chi connectivity index (χ2n) is 5.72. The number of hydrogen-bond donors (Lipinski definition) is 3. The molecule has 0 aliphatic rings. The molecule has 1 atom stereocenters. The average molecular weight is 360 g/mol. The first-order chi connectivity index (χ1) is 12.0. The fourth-order valence-electron chi connectivity index (χ4n) is 2.37. The van der Waals surface area contributed by atoms with Crippen molar-refractivity contribution in [2.45, 2.75) is 25.8 Å². The topological polar surface area (TPSA) is 84.2 Å². The van der Waals surface area contributed by atoms with Gasteiger partial charge in [-0.25, -0.2) is 0 Å². The number of benzene rings is 2. The van der Waals surface area contributed by atoms with Crippen LogP contribution in [0, 0.1) is 0 Å². The Bertz CT molecular complexity index is 735. The summed E-state index contributed by atoms with van der Waals surface area (Å²) in [5.41, 5.74) is 7.71. The van der Waals surface area contributed by atoms with Gasteiger partial charge in [-0.1, -0.05) is 48.9 Å². The lowest BCUT2D eigenvalue weighted by atomic mass is 10.0. The lowest BCUT2D eigenvalue weighted by molar-refractivity contribution is -0.116. The predicted molar refractivity (Wildman–Crippen MR) is 101 cm³/mol. The molecule has 0 heterocycles.